The molecule has 64 valence electrons. The fraction of sp³-hybridized carbons (Fsp3) is 1.00. The van der Waals surface area contributed by atoms with Crippen molar-refractivity contribution < 1.29 is 11.2 Å². The molecule has 2 saturated carbocycles. The average Bonchev–Trinajstić information content (AvgIpc) is 2.66. The van der Waals surface area contributed by atoms with Gasteiger partial charge in [-0.15, -0.1) is 12.1 Å². The molecule has 0 atom stereocenters. The van der Waals surface area contributed by atoms with Crippen LogP contribution < -0.4 is 0 Å². The third kappa shape index (κ3) is 5.72. The van der Waals surface area contributed by atoms with Gasteiger partial charge in [0, 0.05) is 0 Å². The van der Waals surface area contributed by atoms with Gasteiger partial charge in [-0.1, -0.05) is 25.7 Å². The van der Waals surface area contributed by atoms with Crippen molar-refractivity contribution in [1.29, 1.82) is 0 Å². The zero-order valence-electron chi connectivity index (χ0n) is 5.50. The normalized spacial score (nSPS) is 23.8. The van der Waals surface area contributed by atoms with Crippen molar-refractivity contribution in [1.82, 2.24) is 0 Å². The van der Waals surface area contributed by atoms with Crippen LogP contribution in [0.2, 0.25) is 0 Å². The molecule has 0 heterocycles. The van der Waals surface area contributed by atoms with Gasteiger partial charge in [0.25, 0.3) is 0 Å². The van der Waals surface area contributed by atoms with E-state index in [-0.39, 0.29) is 0 Å². The number of halogens is 2. The molecule has 2 aliphatic rings. The third-order valence-corrected chi connectivity index (χ3v) is 1.52. The summed E-state index contributed by atoms with van der Waals surface area (Å²) >= 11 is 5.30. The molecule has 0 unspecified atom stereocenters. The first kappa shape index (κ1) is 10.2. The predicted molar refractivity (Wildman–Crippen MR) is 57.4 cm³/mol. The molecule has 0 amide bonds. The van der Waals surface area contributed by atoms with Gasteiger partial charge in [-0.3, -0.25) is 0 Å². The summed E-state index contributed by atoms with van der Waals surface area (Å²) in [6, 6.07) is 1.62. The van der Waals surface area contributed by atoms with E-state index in [0.29, 0.717) is 11.2 Å². The van der Waals surface area contributed by atoms with Crippen molar-refractivity contribution in [3.63, 3.8) is 0 Å². The Morgan fingerprint density at radius 1 is 1.00 bits per heavy atom. The second-order valence-corrected chi connectivity index (χ2v) is 19.3. The molecule has 0 spiro atoms. The van der Waals surface area contributed by atoms with Gasteiger partial charge in [-0.25, -0.2) is 0 Å². The maximum atomic E-state index is 4.50. The first-order valence-electron chi connectivity index (χ1n) is 3.39. The summed E-state index contributed by atoms with van der Waals surface area (Å²) in [7, 11) is 0. The van der Waals surface area contributed by atoms with Crippen molar-refractivity contribution in [3.05, 3.63) is 5.32 Å². The molecule has 0 saturated heterocycles. The van der Waals surface area contributed by atoms with Crippen LogP contribution in [-0.4, -0.2) is 12.1 Å². The van der Waals surface area contributed by atoms with E-state index < -0.39 is 0 Å². The summed E-state index contributed by atoms with van der Waals surface area (Å²) in [6.07, 6.45) is 5.54. The minimum atomic E-state index is 0.523. The number of rotatable bonds is 2. The van der Waals surface area contributed by atoms with Crippen molar-refractivity contribution in [3.8, 4) is 0 Å². The van der Waals surface area contributed by atoms with Gasteiger partial charge in [0.2, 0.25) is 0 Å². The van der Waals surface area contributed by atoms with Gasteiger partial charge in [0.05, 0.1) is 0 Å². The standard InChI is InChI=1S/C6H10N.2HI.Pt/c1-2-5(1)7-6-3-4-6;;;/h5-6H,1-4H2;2*1H;/q-1;;;+2/p-2. The summed E-state index contributed by atoms with van der Waals surface area (Å²) in [5, 5.41) is 4.50. The van der Waals surface area contributed by atoms with Crippen LogP contribution in [0.3, 0.4) is 0 Å². The van der Waals surface area contributed by atoms with Crippen LogP contribution >= 0.6 is 38.7 Å². The molecule has 2 fully saturated rings. The van der Waals surface area contributed by atoms with E-state index in [1.807, 2.05) is 0 Å². The van der Waals surface area contributed by atoms with Crippen LogP contribution in [-0.2, 0) is 11.2 Å². The first-order chi connectivity index (χ1) is 4.86. The second kappa shape index (κ2) is 5.70. The SMILES string of the molecule is C1CC1[N-]C1CC1.[I][Pt][I]. The van der Waals surface area contributed by atoms with Gasteiger partial charge in [-0.2, -0.15) is 0 Å². The van der Waals surface area contributed by atoms with Gasteiger partial charge in [0.1, 0.15) is 0 Å². The van der Waals surface area contributed by atoms with E-state index >= 15 is 0 Å². The van der Waals surface area contributed by atoms with Crippen LogP contribution in [0.1, 0.15) is 25.7 Å². The Morgan fingerprint density at radius 2 is 1.30 bits per heavy atom. The summed E-state index contributed by atoms with van der Waals surface area (Å²) in [5.74, 6) is 0. The van der Waals surface area contributed by atoms with Gasteiger partial charge in [-0.05, 0) is 0 Å². The molecule has 2 rings (SSSR count). The second-order valence-electron chi connectivity index (χ2n) is 2.66. The molecule has 1 nitrogen and oxygen atoms in total. The van der Waals surface area contributed by atoms with Gasteiger partial charge >= 0.3 is 49.9 Å². The summed E-state index contributed by atoms with van der Waals surface area (Å²) in [5.41, 5.74) is 0. The zero-order valence-corrected chi connectivity index (χ0v) is 12.1. The van der Waals surface area contributed by atoms with Gasteiger partial charge < -0.3 is 5.32 Å². The molecular formula is C6H10I2NPt-. The van der Waals surface area contributed by atoms with E-state index in [2.05, 4.69) is 44.0 Å². The number of hydrogen-bond acceptors (Lipinski definition) is 0. The van der Waals surface area contributed by atoms with Crippen LogP contribution in [0.4, 0.5) is 0 Å². The molecule has 4 heteroatoms. The van der Waals surface area contributed by atoms with E-state index in [4.69, 9.17) is 0 Å². The van der Waals surface area contributed by atoms with Crippen LogP contribution in [0.15, 0.2) is 0 Å². The van der Waals surface area contributed by atoms with Crippen molar-refractivity contribution in [2.75, 3.05) is 0 Å². The topological polar surface area (TPSA) is 14.1 Å². The Bertz CT molecular complexity index is 83.7. The zero-order chi connectivity index (χ0) is 7.40. The van der Waals surface area contributed by atoms with Crippen molar-refractivity contribution in [2.24, 2.45) is 0 Å². The van der Waals surface area contributed by atoms with E-state index in [1.54, 1.807) is 0 Å². The monoisotopic (exact) mass is 545 g/mol. The Morgan fingerprint density at radius 3 is 1.50 bits per heavy atom. The molecular weight excluding hydrogens is 535 g/mol. The molecule has 0 N–H and O–H groups in total. The van der Waals surface area contributed by atoms with Crippen molar-refractivity contribution in [2.45, 2.75) is 37.8 Å². The van der Waals surface area contributed by atoms with Crippen LogP contribution in [0.5, 0.6) is 0 Å². The molecule has 10 heavy (non-hydrogen) atoms. The Labute approximate surface area is 91.7 Å². The predicted octanol–water partition coefficient (Wildman–Crippen LogP) is 3.45. The van der Waals surface area contributed by atoms with Crippen LogP contribution in [0.25, 0.3) is 5.32 Å². The van der Waals surface area contributed by atoms with Crippen molar-refractivity contribution >= 4 is 38.7 Å². The maximum absolute atomic E-state index is 4.50. The fourth-order valence-electron chi connectivity index (χ4n) is 0.745. The molecule has 2 aliphatic carbocycles. The minimum absolute atomic E-state index is 0.523. The fourth-order valence-corrected chi connectivity index (χ4v) is 0.745. The van der Waals surface area contributed by atoms with E-state index in [1.165, 1.54) is 25.7 Å². The first-order valence-corrected chi connectivity index (χ1v) is 16.3. The van der Waals surface area contributed by atoms with Crippen LogP contribution in [0, 0.1) is 0 Å². The molecule has 0 aromatic heterocycles. The summed E-state index contributed by atoms with van der Waals surface area (Å²) in [6.45, 7) is 0. The molecule has 0 aromatic rings. The number of hydrogen-bond donors (Lipinski definition) is 0. The Balaban J connectivity index is 0.000000148. The average molecular weight is 545 g/mol. The molecule has 0 radical (unpaired) electrons. The third-order valence-electron chi connectivity index (χ3n) is 1.52. The summed E-state index contributed by atoms with van der Waals surface area (Å²) in [4.78, 5) is 0. The molecule has 0 bridgehead atoms. The Hall–Kier alpha value is 2.11. The molecule has 0 aromatic carbocycles. The molecule has 0 aliphatic heterocycles. The Kier molecular flexibility index (Phi) is 5.81. The number of nitrogens with zero attached hydrogens (tertiary/aromatic N) is 1. The van der Waals surface area contributed by atoms with Gasteiger partial charge in [0.15, 0.2) is 0 Å². The van der Waals surface area contributed by atoms with E-state index in [9.17, 15) is 0 Å². The summed E-state index contributed by atoms with van der Waals surface area (Å²) < 4.78 is 0. The van der Waals surface area contributed by atoms with E-state index in [0.717, 1.165) is 12.1 Å². The quantitative estimate of drug-likeness (QED) is 0.473.